The predicted octanol–water partition coefficient (Wildman–Crippen LogP) is 1.88. The van der Waals surface area contributed by atoms with Crippen LogP contribution < -0.4 is 0 Å². The summed E-state index contributed by atoms with van der Waals surface area (Å²) in [5, 5.41) is 9.58. The van der Waals surface area contributed by atoms with Gasteiger partial charge in [-0.2, -0.15) is 4.31 Å². The van der Waals surface area contributed by atoms with Crippen LogP contribution in [0.15, 0.2) is 23.1 Å². The normalized spacial score (nSPS) is 18.0. The molecule has 0 bridgehead atoms. The third-order valence-electron chi connectivity index (χ3n) is 3.80. The molecular formula is C14H20ClNO4S. The molecule has 1 aromatic carbocycles. The summed E-state index contributed by atoms with van der Waals surface area (Å²) in [6, 6.07) is 4.44. The second-order valence-electron chi connectivity index (χ2n) is 5.21. The largest absolute Gasteiger partial charge is 0.392 e. The molecule has 0 amide bonds. The maximum absolute atomic E-state index is 12.6. The van der Waals surface area contributed by atoms with Crippen molar-refractivity contribution in [3.8, 4) is 0 Å². The first-order valence-electron chi connectivity index (χ1n) is 6.87. The lowest BCUT2D eigenvalue weighted by Gasteiger charge is -2.30. The molecule has 1 fully saturated rings. The summed E-state index contributed by atoms with van der Waals surface area (Å²) in [6.45, 7) is 1.38. The summed E-state index contributed by atoms with van der Waals surface area (Å²) in [5.74, 6) is 0.416. The van der Waals surface area contributed by atoms with Crippen LogP contribution in [-0.2, 0) is 21.4 Å². The first kappa shape index (κ1) is 16.7. The zero-order valence-electron chi connectivity index (χ0n) is 12.0. The fourth-order valence-corrected chi connectivity index (χ4v) is 4.23. The predicted molar refractivity (Wildman–Crippen MR) is 80.7 cm³/mol. The van der Waals surface area contributed by atoms with Crippen LogP contribution >= 0.6 is 11.6 Å². The summed E-state index contributed by atoms with van der Waals surface area (Å²) in [6.07, 6.45) is 1.60. The minimum absolute atomic E-state index is 0.182. The van der Waals surface area contributed by atoms with E-state index >= 15 is 0 Å². The van der Waals surface area contributed by atoms with Crippen LogP contribution in [0.3, 0.4) is 0 Å². The molecule has 0 aliphatic carbocycles. The van der Waals surface area contributed by atoms with E-state index in [1.807, 2.05) is 0 Å². The molecule has 5 nitrogen and oxygen atoms in total. The molecule has 1 N–H and O–H groups in total. The summed E-state index contributed by atoms with van der Waals surface area (Å²) in [5.41, 5.74) is 0.423. The van der Waals surface area contributed by atoms with Crippen LogP contribution in [0.4, 0.5) is 0 Å². The summed E-state index contributed by atoms with van der Waals surface area (Å²) < 4.78 is 31.8. The zero-order valence-corrected chi connectivity index (χ0v) is 13.5. The van der Waals surface area contributed by atoms with Gasteiger partial charge in [0, 0.05) is 31.8 Å². The number of methoxy groups -OCH3 is 1. The van der Waals surface area contributed by atoms with Crippen molar-refractivity contribution in [2.45, 2.75) is 24.3 Å². The number of ether oxygens (including phenoxy) is 1. The van der Waals surface area contributed by atoms with Gasteiger partial charge in [0.15, 0.2) is 0 Å². The maximum Gasteiger partial charge on any atom is 0.243 e. The highest BCUT2D eigenvalue weighted by Crippen LogP contribution is 2.26. The number of rotatable bonds is 5. The van der Waals surface area contributed by atoms with E-state index in [2.05, 4.69) is 0 Å². The van der Waals surface area contributed by atoms with Crippen LogP contribution in [0.25, 0.3) is 0 Å². The number of halogens is 1. The summed E-state index contributed by atoms with van der Waals surface area (Å²) in [7, 11) is -1.87. The Bertz CT molecular complexity index is 583. The Kier molecular flexibility index (Phi) is 5.62. The first-order chi connectivity index (χ1) is 9.98. The van der Waals surface area contributed by atoms with E-state index in [4.69, 9.17) is 16.3 Å². The average Bonchev–Trinajstić information content (AvgIpc) is 2.48. The second-order valence-corrected chi connectivity index (χ2v) is 7.56. The Labute approximate surface area is 130 Å². The highest BCUT2D eigenvalue weighted by Gasteiger charge is 2.29. The number of hydrogen-bond acceptors (Lipinski definition) is 4. The molecule has 0 atom stereocenters. The maximum atomic E-state index is 12.6. The van der Waals surface area contributed by atoms with Crippen molar-refractivity contribution in [2.24, 2.45) is 5.92 Å². The van der Waals surface area contributed by atoms with Gasteiger partial charge in [-0.15, -0.1) is 0 Å². The standard InChI is InChI=1S/C14H20ClNO4S/c1-20-10-11-4-6-16(7-5-11)21(18,19)13-2-3-14(15)12(8-13)9-17/h2-3,8,11,17H,4-7,9-10H2,1H3. The van der Waals surface area contributed by atoms with Gasteiger partial charge in [-0.05, 0) is 42.5 Å². The van der Waals surface area contributed by atoms with Crippen LogP contribution in [0.1, 0.15) is 18.4 Å². The van der Waals surface area contributed by atoms with Gasteiger partial charge < -0.3 is 9.84 Å². The fraction of sp³-hybridized carbons (Fsp3) is 0.571. The molecule has 118 valence electrons. The Hall–Kier alpha value is -0.660. The lowest BCUT2D eigenvalue weighted by Crippen LogP contribution is -2.39. The third kappa shape index (κ3) is 3.76. The minimum atomic E-state index is -3.53. The van der Waals surface area contributed by atoms with E-state index < -0.39 is 10.0 Å². The number of sulfonamides is 1. The molecule has 0 radical (unpaired) electrons. The number of nitrogens with zero attached hydrogens (tertiary/aromatic N) is 1. The fourth-order valence-electron chi connectivity index (χ4n) is 2.53. The third-order valence-corrected chi connectivity index (χ3v) is 6.06. The summed E-state index contributed by atoms with van der Waals surface area (Å²) >= 11 is 5.90. The summed E-state index contributed by atoms with van der Waals surface area (Å²) in [4.78, 5) is 0.182. The van der Waals surface area contributed by atoms with E-state index in [9.17, 15) is 13.5 Å². The number of aliphatic hydroxyl groups is 1. The lowest BCUT2D eigenvalue weighted by molar-refractivity contribution is 0.121. The second kappa shape index (κ2) is 7.07. The van der Waals surface area contributed by atoms with E-state index in [1.54, 1.807) is 7.11 Å². The monoisotopic (exact) mass is 333 g/mol. The van der Waals surface area contributed by atoms with Gasteiger partial charge in [0.2, 0.25) is 10.0 Å². The van der Waals surface area contributed by atoms with Crippen molar-refractivity contribution in [3.63, 3.8) is 0 Å². The Morgan fingerprint density at radius 3 is 2.62 bits per heavy atom. The molecule has 0 unspecified atom stereocenters. The van der Waals surface area contributed by atoms with Crippen LogP contribution in [0.2, 0.25) is 5.02 Å². The molecule has 1 heterocycles. The number of hydrogen-bond donors (Lipinski definition) is 1. The van der Waals surface area contributed by atoms with Gasteiger partial charge in [0.25, 0.3) is 0 Å². The number of benzene rings is 1. The Balaban J connectivity index is 2.15. The van der Waals surface area contributed by atoms with E-state index in [0.717, 1.165) is 12.8 Å². The number of piperidine rings is 1. The van der Waals surface area contributed by atoms with Gasteiger partial charge in [-0.1, -0.05) is 11.6 Å². The van der Waals surface area contributed by atoms with Crippen molar-refractivity contribution in [1.82, 2.24) is 4.31 Å². The average molecular weight is 334 g/mol. The molecule has 1 saturated heterocycles. The SMILES string of the molecule is COCC1CCN(S(=O)(=O)c2ccc(Cl)c(CO)c2)CC1. The molecule has 1 aliphatic heterocycles. The van der Waals surface area contributed by atoms with Crippen molar-refractivity contribution >= 4 is 21.6 Å². The molecule has 21 heavy (non-hydrogen) atoms. The molecule has 0 spiro atoms. The molecule has 7 heteroatoms. The molecule has 0 saturated carbocycles. The van der Waals surface area contributed by atoms with Crippen LogP contribution in [0.5, 0.6) is 0 Å². The highest BCUT2D eigenvalue weighted by atomic mass is 35.5. The molecule has 2 rings (SSSR count). The van der Waals surface area contributed by atoms with Gasteiger partial charge in [-0.3, -0.25) is 0 Å². The molecule has 1 aromatic rings. The highest BCUT2D eigenvalue weighted by molar-refractivity contribution is 7.89. The van der Waals surface area contributed by atoms with E-state index in [-0.39, 0.29) is 11.5 Å². The van der Waals surface area contributed by atoms with Crippen molar-refractivity contribution in [1.29, 1.82) is 0 Å². The van der Waals surface area contributed by atoms with E-state index in [1.165, 1.54) is 22.5 Å². The Morgan fingerprint density at radius 2 is 2.05 bits per heavy atom. The quantitative estimate of drug-likeness (QED) is 0.893. The van der Waals surface area contributed by atoms with Crippen LogP contribution in [0, 0.1) is 5.92 Å². The minimum Gasteiger partial charge on any atom is -0.392 e. The van der Waals surface area contributed by atoms with Crippen molar-refractivity contribution in [2.75, 3.05) is 26.8 Å². The van der Waals surface area contributed by atoms with Crippen LogP contribution in [-0.4, -0.2) is 44.6 Å². The molecular weight excluding hydrogens is 314 g/mol. The van der Waals surface area contributed by atoms with Gasteiger partial charge >= 0.3 is 0 Å². The first-order valence-corrected chi connectivity index (χ1v) is 8.69. The van der Waals surface area contributed by atoms with Gasteiger partial charge in [0.1, 0.15) is 0 Å². The lowest BCUT2D eigenvalue weighted by atomic mass is 9.99. The Morgan fingerprint density at radius 1 is 1.38 bits per heavy atom. The topological polar surface area (TPSA) is 66.8 Å². The van der Waals surface area contributed by atoms with Crippen molar-refractivity contribution in [3.05, 3.63) is 28.8 Å². The van der Waals surface area contributed by atoms with E-state index in [0.29, 0.717) is 36.2 Å². The zero-order chi connectivity index (χ0) is 15.5. The molecule has 1 aliphatic rings. The molecule has 0 aromatic heterocycles. The number of aliphatic hydroxyl groups excluding tert-OH is 1. The van der Waals surface area contributed by atoms with Gasteiger partial charge in [0.05, 0.1) is 11.5 Å². The van der Waals surface area contributed by atoms with Gasteiger partial charge in [-0.25, -0.2) is 8.42 Å². The smallest absolute Gasteiger partial charge is 0.243 e. The van der Waals surface area contributed by atoms with Crippen molar-refractivity contribution < 1.29 is 18.3 Å².